The van der Waals surface area contributed by atoms with E-state index in [-0.39, 0.29) is 11.7 Å². The van der Waals surface area contributed by atoms with Gasteiger partial charge in [-0.2, -0.15) is 0 Å². The Morgan fingerprint density at radius 3 is 2.52 bits per heavy atom. The standard InChI is InChI=1S/C19H18N2O2/c1-11-12(2)20-18-16(11)8-5-9-17(18)19(23)21-15-7-4-6-14(10-15)13(3)22/h4-10,20H,1-3H3,(H,21,23). The highest BCUT2D eigenvalue weighted by atomic mass is 16.1. The third-order valence-electron chi connectivity index (χ3n) is 4.12. The monoisotopic (exact) mass is 306 g/mol. The summed E-state index contributed by atoms with van der Waals surface area (Å²) in [7, 11) is 0. The Kier molecular flexibility index (Phi) is 3.74. The van der Waals surface area contributed by atoms with Gasteiger partial charge >= 0.3 is 0 Å². The fraction of sp³-hybridized carbons (Fsp3) is 0.158. The zero-order valence-corrected chi connectivity index (χ0v) is 13.4. The molecule has 4 heteroatoms. The quantitative estimate of drug-likeness (QED) is 0.711. The van der Waals surface area contributed by atoms with Crippen molar-refractivity contribution in [3.05, 3.63) is 64.8 Å². The van der Waals surface area contributed by atoms with Crippen LogP contribution in [0.4, 0.5) is 5.69 Å². The van der Waals surface area contributed by atoms with Crippen LogP contribution >= 0.6 is 0 Å². The minimum atomic E-state index is -0.197. The van der Waals surface area contributed by atoms with Crippen LogP contribution in [0.25, 0.3) is 10.9 Å². The fourth-order valence-electron chi connectivity index (χ4n) is 2.69. The van der Waals surface area contributed by atoms with Crippen LogP contribution in [0.3, 0.4) is 0 Å². The zero-order chi connectivity index (χ0) is 16.6. The summed E-state index contributed by atoms with van der Waals surface area (Å²) in [6.45, 7) is 5.53. The molecule has 0 aliphatic heterocycles. The van der Waals surface area contributed by atoms with E-state index in [4.69, 9.17) is 0 Å². The molecule has 0 atom stereocenters. The average Bonchev–Trinajstić information content (AvgIpc) is 2.82. The Morgan fingerprint density at radius 2 is 1.78 bits per heavy atom. The normalized spacial score (nSPS) is 10.7. The van der Waals surface area contributed by atoms with Gasteiger partial charge in [0, 0.05) is 22.3 Å². The van der Waals surface area contributed by atoms with Crippen LogP contribution in [0, 0.1) is 13.8 Å². The molecular formula is C19H18N2O2. The van der Waals surface area contributed by atoms with Gasteiger partial charge in [-0.3, -0.25) is 9.59 Å². The molecule has 0 aliphatic rings. The van der Waals surface area contributed by atoms with Crippen molar-refractivity contribution in [3.63, 3.8) is 0 Å². The van der Waals surface area contributed by atoms with E-state index >= 15 is 0 Å². The highest BCUT2D eigenvalue weighted by molar-refractivity contribution is 6.12. The summed E-state index contributed by atoms with van der Waals surface area (Å²) in [4.78, 5) is 27.3. The number of aryl methyl sites for hydroxylation is 2. The molecule has 3 aromatic rings. The number of benzene rings is 2. The smallest absolute Gasteiger partial charge is 0.257 e. The minimum absolute atomic E-state index is 0.0289. The second-order valence-corrected chi connectivity index (χ2v) is 5.69. The number of anilines is 1. The van der Waals surface area contributed by atoms with Crippen molar-refractivity contribution in [3.8, 4) is 0 Å². The largest absolute Gasteiger partial charge is 0.358 e. The summed E-state index contributed by atoms with van der Waals surface area (Å²) in [5.74, 6) is -0.226. The van der Waals surface area contributed by atoms with Gasteiger partial charge in [-0.25, -0.2) is 0 Å². The van der Waals surface area contributed by atoms with Crippen LogP contribution in [0.1, 0.15) is 38.9 Å². The molecule has 0 saturated heterocycles. The molecule has 0 spiro atoms. The molecular weight excluding hydrogens is 288 g/mol. The van der Waals surface area contributed by atoms with Crippen molar-refractivity contribution in [1.29, 1.82) is 0 Å². The first-order chi connectivity index (χ1) is 11.0. The van der Waals surface area contributed by atoms with Crippen LogP contribution in [0.5, 0.6) is 0 Å². The number of carbonyl (C=O) groups excluding carboxylic acids is 2. The van der Waals surface area contributed by atoms with Gasteiger partial charge in [-0.1, -0.05) is 24.3 Å². The van der Waals surface area contributed by atoms with E-state index in [9.17, 15) is 9.59 Å². The maximum Gasteiger partial charge on any atom is 0.257 e. The number of hydrogen-bond acceptors (Lipinski definition) is 2. The number of aromatic nitrogens is 1. The third kappa shape index (κ3) is 2.75. The summed E-state index contributed by atoms with van der Waals surface area (Å²) in [5.41, 5.74) is 4.81. The third-order valence-corrected chi connectivity index (χ3v) is 4.12. The molecule has 2 N–H and O–H groups in total. The second kappa shape index (κ2) is 5.72. The van der Waals surface area contributed by atoms with E-state index in [1.165, 1.54) is 6.92 Å². The number of hydrogen-bond donors (Lipinski definition) is 2. The van der Waals surface area contributed by atoms with Crippen molar-refractivity contribution in [2.75, 3.05) is 5.32 Å². The van der Waals surface area contributed by atoms with Gasteiger partial charge in [0.25, 0.3) is 5.91 Å². The molecule has 2 aromatic carbocycles. The van der Waals surface area contributed by atoms with Crippen molar-refractivity contribution < 1.29 is 9.59 Å². The Hall–Kier alpha value is -2.88. The number of para-hydroxylation sites is 1. The lowest BCUT2D eigenvalue weighted by Gasteiger charge is -2.07. The van der Waals surface area contributed by atoms with Crippen LogP contribution < -0.4 is 5.32 Å². The van der Waals surface area contributed by atoms with Gasteiger partial charge in [0.1, 0.15) is 0 Å². The maximum atomic E-state index is 12.6. The molecule has 116 valence electrons. The van der Waals surface area contributed by atoms with E-state index in [2.05, 4.69) is 10.3 Å². The molecule has 3 rings (SSSR count). The van der Waals surface area contributed by atoms with E-state index in [0.717, 1.165) is 22.2 Å². The number of carbonyl (C=O) groups is 2. The van der Waals surface area contributed by atoms with Crippen molar-refractivity contribution in [2.24, 2.45) is 0 Å². The Labute approximate surface area is 134 Å². The van der Waals surface area contributed by atoms with Crippen molar-refractivity contribution in [1.82, 2.24) is 4.98 Å². The number of rotatable bonds is 3. The van der Waals surface area contributed by atoms with Crippen molar-refractivity contribution >= 4 is 28.3 Å². The lowest BCUT2D eigenvalue weighted by Crippen LogP contribution is -2.12. The first kappa shape index (κ1) is 15.0. The number of H-pyrrole nitrogens is 1. The number of fused-ring (bicyclic) bond motifs is 1. The molecule has 0 aliphatic carbocycles. The summed E-state index contributed by atoms with van der Waals surface area (Å²) in [6.07, 6.45) is 0. The van der Waals surface area contributed by atoms with Gasteiger partial charge in [0.2, 0.25) is 0 Å². The highest BCUT2D eigenvalue weighted by Gasteiger charge is 2.14. The maximum absolute atomic E-state index is 12.6. The SMILES string of the molecule is CC(=O)c1cccc(NC(=O)c2cccc3c(C)c(C)[nH]c23)c1. The van der Waals surface area contributed by atoms with Crippen molar-refractivity contribution in [2.45, 2.75) is 20.8 Å². The molecule has 1 amide bonds. The van der Waals surface area contributed by atoms with Crippen LogP contribution in [-0.4, -0.2) is 16.7 Å². The molecule has 0 bridgehead atoms. The van der Waals surface area contributed by atoms with E-state index in [0.29, 0.717) is 16.8 Å². The predicted molar refractivity (Wildman–Crippen MR) is 92.2 cm³/mol. The average molecular weight is 306 g/mol. The Morgan fingerprint density at radius 1 is 1.04 bits per heavy atom. The Bertz CT molecular complexity index is 922. The molecule has 1 aromatic heterocycles. The van der Waals surface area contributed by atoms with Gasteiger partial charge in [-0.05, 0) is 44.5 Å². The molecule has 4 nitrogen and oxygen atoms in total. The lowest BCUT2D eigenvalue weighted by atomic mass is 10.1. The number of aromatic amines is 1. The first-order valence-electron chi connectivity index (χ1n) is 7.47. The van der Waals surface area contributed by atoms with E-state index in [1.807, 2.05) is 26.0 Å². The molecule has 0 unspecified atom stereocenters. The summed E-state index contributed by atoms with van der Waals surface area (Å²) < 4.78 is 0. The van der Waals surface area contributed by atoms with Gasteiger partial charge in [0.05, 0.1) is 11.1 Å². The van der Waals surface area contributed by atoms with Gasteiger partial charge in [-0.15, -0.1) is 0 Å². The van der Waals surface area contributed by atoms with Gasteiger partial charge in [0.15, 0.2) is 5.78 Å². The zero-order valence-electron chi connectivity index (χ0n) is 13.4. The van der Waals surface area contributed by atoms with Crippen LogP contribution in [0.15, 0.2) is 42.5 Å². The molecule has 0 radical (unpaired) electrons. The number of ketones is 1. The molecule has 1 heterocycles. The predicted octanol–water partition coefficient (Wildman–Crippen LogP) is 4.24. The number of amides is 1. The van der Waals surface area contributed by atoms with Crippen LogP contribution in [0.2, 0.25) is 0 Å². The summed E-state index contributed by atoms with van der Waals surface area (Å²) in [6, 6.07) is 12.6. The number of Topliss-reactive ketones (excluding diaryl/α,β-unsaturated/α-hetero) is 1. The Balaban J connectivity index is 1.97. The van der Waals surface area contributed by atoms with Gasteiger partial charge < -0.3 is 10.3 Å². The van der Waals surface area contributed by atoms with E-state index < -0.39 is 0 Å². The van der Waals surface area contributed by atoms with Crippen LogP contribution in [-0.2, 0) is 0 Å². The lowest BCUT2D eigenvalue weighted by molar-refractivity contribution is 0.101. The summed E-state index contributed by atoms with van der Waals surface area (Å²) >= 11 is 0. The first-order valence-corrected chi connectivity index (χ1v) is 7.47. The second-order valence-electron chi connectivity index (χ2n) is 5.69. The highest BCUT2D eigenvalue weighted by Crippen LogP contribution is 2.25. The fourth-order valence-corrected chi connectivity index (χ4v) is 2.69. The molecule has 23 heavy (non-hydrogen) atoms. The minimum Gasteiger partial charge on any atom is -0.358 e. The number of nitrogens with one attached hydrogen (secondary N) is 2. The molecule has 0 saturated carbocycles. The summed E-state index contributed by atoms with van der Waals surface area (Å²) in [5, 5.41) is 3.91. The van der Waals surface area contributed by atoms with E-state index in [1.54, 1.807) is 30.3 Å². The molecule has 0 fully saturated rings. The topological polar surface area (TPSA) is 62.0 Å².